The van der Waals surface area contributed by atoms with Crippen LogP contribution in [0.25, 0.3) is 6.08 Å². The summed E-state index contributed by atoms with van der Waals surface area (Å²) in [6, 6.07) is 11.8. The molecule has 1 fully saturated rings. The highest BCUT2D eigenvalue weighted by atomic mass is 35.5. The Morgan fingerprint density at radius 2 is 1.92 bits per heavy atom. The third kappa shape index (κ3) is 3.81. The highest BCUT2D eigenvalue weighted by Gasteiger charge is 2.34. The number of halogens is 1. The third-order valence-electron chi connectivity index (χ3n) is 3.63. The first kappa shape index (κ1) is 17.4. The summed E-state index contributed by atoms with van der Waals surface area (Å²) in [7, 11) is 1.46. The Morgan fingerprint density at radius 3 is 2.56 bits per heavy atom. The maximum atomic E-state index is 12.5. The summed E-state index contributed by atoms with van der Waals surface area (Å²) in [6.07, 6.45) is 1.58. The SMILES string of the molecule is COc1ccc(/C=C2/SC(=O)N(Cc3ccc(Cl)cc3)C2=O)cc1O. The minimum Gasteiger partial charge on any atom is -0.504 e. The van der Waals surface area contributed by atoms with Gasteiger partial charge in [0.1, 0.15) is 0 Å². The number of aromatic hydroxyl groups is 1. The van der Waals surface area contributed by atoms with Crippen molar-refractivity contribution in [2.75, 3.05) is 7.11 Å². The molecule has 1 aliphatic heterocycles. The van der Waals surface area contributed by atoms with Crippen LogP contribution in [0.1, 0.15) is 11.1 Å². The van der Waals surface area contributed by atoms with Crippen LogP contribution in [0.4, 0.5) is 4.79 Å². The molecule has 2 aromatic carbocycles. The Kier molecular flexibility index (Phi) is 5.01. The smallest absolute Gasteiger partial charge is 0.293 e. The lowest BCUT2D eigenvalue weighted by Crippen LogP contribution is -2.27. The van der Waals surface area contributed by atoms with Crippen LogP contribution < -0.4 is 4.74 Å². The van der Waals surface area contributed by atoms with Crippen molar-refractivity contribution >= 4 is 40.6 Å². The highest BCUT2D eigenvalue weighted by molar-refractivity contribution is 8.18. The molecule has 2 aromatic rings. The van der Waals surface area contributed by atoms with Crippen LogP contribution in [-0.4, -0.2) is 28.3 Å². The van der Waals surface area contributed by atoms with E-state index in [4.69, 9.17) is 16.3 Å². The average molecular weight is 376 g/mol. The van der Waals surface area contributed by atoms with E-state index in [0.29, 0.717) is 21.2 Å². The van der Waals surface area contributed by atoms with Crippen molar-refractivity contribution < 1.29 is 19.4 Å². The molecule has 1 aliphatic rings. The molecule has 0 unspecified atom stereocenters. The number of nitrogens with zero attached hydrogens (tertiary/aromatic N) is 1. The molecule has 2 amide bonds. The number of thioether (sulfide) groups is 1. The summed E-state index contributed by atoms with van der Waals surface area (Å²) in [4.78, 5) is 26.2. The molecular formula is C18H14ClNO4S. The summed E-state index contributed by atoms with van der Waals surface area (Å²) in [5.74, 6) is -0.0510. The molecule has 128 valence electrons. The van der Waals surface area contributed by atoms with Crippen LogP contribution in [0.5, 0.6) is 11.5 Å². The molecule has 0 aromatic heterocycles. The molecule has 0 bridgehead atoms. The quantitative estimate of drug-likeness (QED) is 0.807. The number of rotatable bonds is 4. The number of hydrogen-bond donors (Lipinski definition) is 1. The second-order valence-corrected chi connectivity index (χ2v) is 6.76. The van der Waals surface area contributed by atoms with Gasteiger partial charge >= 0.3 is 0 Å². The van der Waals surface area contributed by atoms with Crippen molar-refractivity contribution in [1.82, 2.24) is 4.90 Å². The molecule has 5 nitrogen and oxygen atoms in total. The minimum absolute atomic E-state index is 0.0309. The van der Waals surface area contributed by atoms with Gasteiger partial charge in [0.05, 0.1) is 18.6 Å². The summed E-state index contributed by atoms with van der Waals surface area (Å²) in [5, 5.41) is 10.1. The Hall–Kier alpha value is -2.44. The Morgan fingerprint density at radius 1 is 1.20 bits per heavy atom. The van der Waals surface area contributed by atoms with Crippen molar-refractivity contribution in [2.45, 2.75) is 6.54 Å². The predicted octanol–water partition coefficient (Wildman–Crippen LogP) is 4.29. The summed E-state index contributed by atoms with van der Waals surface area (Å²) in [6.45, 7) is 0.188. The number of carbonyl (C=O) groups excluding carboxylic acids is 2. The maximum absolute atomic E-state index is 12.5. The van der Waals surface area contributed by atoms with E-state index in [0.717, 1.165) is 17.3 Å². The molecule has 1 heterocycles. The van der Waals surface area contributed by atoms with Gasteiger partial charge < -0.3 is 9.84 Å². The molecule has 0 aliphatic carbocycles. The number of imide groups is 1. The van der Waals surface area contributed by atoms with E-state index in [2.05, 4.69) is 0 Å². The van der Waals surface area contributed by atoms with Crippen molar-refractivity contribution in [3.8, 4) is 11.5 Å². The van der Waals surface area contributed by atoms with Gasteiger partial charge in [0.15, 0.2) is 11.5 Å². The van der Waals surface area contributed by atoms with Crippen LogP contribution >= 0.6 is 23.4 Å². The molecule has 3 rings (SSSR count). The van der Waals surface area contributed by atoms with Gasteiger partial charge in [-0.05, 0) is 53.2 Å². The lowest BCUT2D eigenvalue weighted by atomic mass is 10.1. The third-order valence-corrected chi connectivity index (χ3v) is 4.79. The summed E-state index contributed by atoms with van der Waals surface area (Å²) >= 11 is 6.72. The number of ether oxygens (including phenoxy) is 1. The second-order valence-electron chi connectivity index (χ2n) is 5.33. The van der Waals surface area contributed by atoms with E-state index >= 15 is 0 Å². The zero-order chi connectivity index (χ0) is 18.0. The first-order valence-corrected chi connectivity index (χ1v) is 8.54. The fraction of sp³-hybridized carbons (Fsp3) is 0.111. The number of carbonyl (C=O) groups is 2. The van der Waals surface area contributed by atoms with Gasteiger partial charge in [0.2, 0.25) is 0 Å². The van der Waals surface area contributed by atoms with Crippen LogP contribution in [-0.2, 0) is 11.3 Å². The number of phenols is 1. The van der Waals surface area contributed by atoms with Crippen molar-refractivity contribution in [2.24, 2.45) is 0 Å². The fourth-order valence-electron chi connectivity index (χ4n) is 2.36. The number of methoxy groups -OCH3 is 1. The van der Waals surface area contributed by atoms with Crippen LogP contribution in [0, 0.1) is 0 Å². The van der Waals surface area contributed by atoms with E-state index in [1.54, 1.807) is 42.5 Å². The molecule has 0 radical (unpaired) electrons. The Labute approximate surface area is 153 Å². The van der Waals surface area contributed by atoms with Gasteiger partial charge in [0, 0.05) is 5.02 Å². The van der Waals surface area contributed by atoms with E-state index in [1.807, 2.05) is 0 Å². The van der Waals surface area contributed by atoms with Crippen molar-refractivity contribution in [3.63, 3.8) is 0 Å². The lowest BCUT2D eigenvalue weighted by molar-refractivity contribution is -0.123. The molecule has 1 N–H and O–H groups in total. The van der Waals surface area contributed by atoms with Crippen molar-refractivity contribution in [3.05, 3.63) is 63.5 Å². The van der Waals surface area contributed by atoms with Gasteiger partial charge in [-0.15, -0.1) is 0 Å². The van der Waals surface area contributed by atoms with E-state index < -0.39 is 0 Å². The summed E-state index contributed by atoms with van der Waals surface area (Å²) < 4.78 is 4.99. The van der Waals surface area contributed by atoms with Crippen LogP contribution in [0.15, 0.2) is 47.4 Å². The maximum Gasteiger partial charge on any atom is 0.293 e. The standard InChI is InChI=1S/C18H14ClNO4S/c1-24-15-7-4-12(8-14(15)21)9-16-17(22)20(18(23)25-16)10-11-2-5-13(19)6-3-11/h2-9,21H,10H2,1H3/b16-9+. The first-order valence-electron chi connectivity index (χ1n) is 7.35. The Balaban J connectivity index is 1.80. The Bertz CT molecular complexity index is 864. The average Bonchev–Trinajstić information content (AvgIpc) is 2.84. The molecule has 0 spiro atoms. The molecule has 7 heteroatoms. The molecule has 1 saturated heterocycles. The summed E-state index contributed by atoms with van der Waals surface area (Å²) in [5.41, 5.74) is 1.42. The second kappa shape index (κ2) is 7.21. The molecule has 0 saturated carbocycles. The van der Waals surface area contributed by atoms with E-state index in [9.17, 15) is 14.7 Å². The topological polar surface area (TPSA) is 66.8 Å². The first-order chi connectivity index (χ1) is 12.0. The zero-order valence-corrected chi connectivity index (χ0v) is 14.8. The van der Waals surface area contributed by atoms with Gasteiger partial charge in [0.25, 0.3) is 11.1 Å². The van der Waals surface area contributed by atoms with E-state index in [-0.39, 0.29) is 23.4 Å². The number of benzene rings is 2. The molecule has 25 heavy (non-hydrogen) atoms. The predicted molar refractivity (Wildman–Crippen MR) is 97.6 cm³/mol. The molecule has 0 atom stereocenters. The lowest BCUT2D eigenvalue weighted by Gasteiger charge is -2.12. The van der Waals surface area contributed by atoms with Gasteiger partial charge in [-0.2, -0.15) is 0 Å². The normalized spacial score (nSPS) is 15.9. The fourth-order valence-corrected chi connectivity index (χ4v) is 3.32. The van der Waals surface area contributed by atoms with Crippen molar-refractivity contribution in [1.29, 1.82) is 0 Å². The number of hydrogen-bond acceptors (Lipinski definition) is 5. The zero-order valence-electron chi connectivity index (χ0n) is 13.2. The minimum atomic E-state index is -0.361. The van der Waals surface area contributed by atoms with Crippen LogP contribution in [0.2, 0.25) is 5.02 Å². The number of phenolic OH excluding ortho intramolecular Hbond substituents is 1. The number of amides is 2. The highest BCUT2D eigenvalue weighted by Crippen LogP contribution is 2.35. The van der Waals surface area contributed by atoms with Crippen LogP contribution in [0.3, 0.4) is 0 Å². The molecular weight excluding hydrogens is 362 g/mol. The van der Waals surface area contributed by atoms with Gasteiger partial charge in [-0.1, -0.05) is 29.8 Å². The van der Waals surface area contributed by atoms with Gasteiger partial charge in [-0.3, -0.25) is 14.5 Å². The van der Waals surface area contributed by atoms with Gasteiger partial charge in [-0.25, -0.2) is 0 Å². The largest absolute Gasteiger partial charge is 0.504 e. The monoisotopic (exact) mass is 375 g/mol. The van der Waals surface area contributed by atoms with E-state index in [1.165, 1.54) is 18.1 Å².